The van der Waals surface area contributed by atoms with Gasteiger partial charge in [0.15, 0.2) is 11.6 Å². The van der Waals surface area contributed by atoms with Crippen molar-refractivity contribution in [1.29, 1.82) is 0 Å². The Hall–Kier alpha value is -4.48. The summed E-state index contributed by atoms with van der Waals surface area (Å²) in [5.74, 6) is 1.23. The molecule has 1 aliphatic heterocycles. The van der Waals surface area contributed by atoms with Crippen molar-refractivity contribution in [3.05, 3.63) is 54.6 Å². The molecule has 0 spiro atoms. The zero-order valence-corrected chi connectivity index (χ0v) is 18.0. The molecule has 5 heterocycles. The second-order valence-electron chi connectivity index (χ2n) is 7.44. The predicted octanol–water partition coefficient (Wildman–Crippen LogP) is 1.93. The van der Waals surface area contributed by atoms with Crippen molar-refractivity contribution in [2.45, 2.75) is 25.8 Å². The molecule has 0 bridgehead atoms. The minimum absolute atomic E-state index is 0.242. The molecule has 12 nitrogen and oxygen atoms in total. The Morgan fingerprint density at radius 3 is 2.88 bits per heavy atom. The van der Waals surface area contributed by atoms with Crippen molar-refractivity contribution in [3.8, 4) is 0 Å². The van der Waals surface area contributed by atoms with Gasteiger partial charge < -0.3 is 21.3 Å². The van der Waals surface area contributed by atoms with Gasteiger partial charge >= 0.3 is 0 Å². The molecule has 1 atom stereocenters. The van der Waals surface area contributed by atoms with Gasteiger partial charge in [-0.1, -0.05) is 0 Å². The van der Waals surface area contributed by atoms with Crippen molar-refractivity contribution in [2.24, 2.45) is 5.73 Å². The second-order valence-corrected chi connectivity index (χ2v) is 7.44. The predicted molar refractivity (Wildman–Crippen MR) is 123 cm³/mol. The molecule has 4 aromatic heterocycles. The number of hydrogen-bond acceptors (Lipinski definition) is 8. The number of fused-ring (bicyclic) bond motifs is 1. The van der Waals surface area contributed by atoms with Crippen LogP contribution >= 0.6 is 0 Å². The Kier molecular flexibility index (Phi) is 6.43. The fraction of sp³-hybridized carbons (Fsp3) is 0.238. The molecular formula is C21H24N10O2. The average molecular weight is 448 g/mol. The number of pyridine rings is 1. The van der Waals surface area contributed by atoms with E-state index in [0.29, 0.717) is 35.7 Å². The standard InChI is InChI=1S/C15H18N8O.C6H6N2O/c1-9-4-2-6-22(9)15-18-14(11-5-3-7-23(11)21-15)17-12-8-10(13(16)24)19-20-12;9-5-8-6-2-1-3-7-4-6/h3,5,7-9H,2,4,6H2,1H3,(H2,16,24)(H2,17,18,19,20,21);1-5H,(H,8,9)/t9-;/m0./s1. The van der Waals surface area contributed by atoms with Crippen molar-refractivity contribution in [2.75, 3.05) is 22.1 Å². The molecule has 0 aliphatic carbocycles. The van der Waals surface area contributed by atoms with E-state index in [9.17, 15) is 9.59 Å². The van der Waals surface area contributed by atoms with Crippen LogP contribution < -0.4 is 21.3 Å². The summed E-state index contributed by atoms with van der Waals surface area (Å²) in [5, 5.41) is 16.8. The molecule has 0 unspecified atom stereocenters. The number of primary amides is 1. The Labute approximate surface area is 189 Å². The number of aromatic amines is 1. The van der Waals surface area contributed by atoms with E-state index in [1.54, 1.807) is 35.1 Å². The molecule has 0 saturated carbocycles. The van der Waals surface area contributed by atoms with E-state index in [4.69, 9.17) is 5.73 Å². The van der Waals surface area contributed by atoms with Gasteiger partial charge in [0.05, 0.1) is 11.9 Å². The monoisotopic (exact) mass is 448 g/mol. The maximum atomic E-state index is 11.2. The number of nitrogens with zero attached hydrogens (tertiary/aromatic N) is 6. The van der Waals surface area contributed by atoms with Gasteiger partial charge in [0.1, 0.15) is 11.2 Å². The average Bonchev–Trinajstić information content (AvgIpc) is 3.56. The van der Waals surface area contributed by atoms with Crippen LogP contribution in [0.15, 0.2) is 48.9 Å². The highest BCUT2D eigenvalue weighted by Gasteiger charge is 2.24. The third-order valence-electron chi connectivity index (χ3n) is 5.17. The second kappa shape index (κ2) is 9.77. The summed E-state index contributed by atoms with van der Waals surface area (Å²) >= 11 is 0. The summed E-state index contributed by atoms with van der Waals surface area (Å²) in [5.41, 5.74) is 7.03. The van der Waals surface area contributed by atoms with Gasteiger partial charge in [-0.05, 0) is 44.0 Å². The van der Waals surface area contributed by atoms with E-state index in [1.165, 1.54) is 0 Å². The molecule has 1 fully saturated rings. The molecule has 0 aromatic carbocycles. The first-order valence-electron chi connectivity index (χ1n) is 10.4. The first kappa shape index (κ1) is 21.7. The topological polar surface area (TPSA) is 159 Å². The van der Waals surface area contributed by atoms with Gasteiger partial charge in [-0.3, -0.25) is 19.7 Å². The first-order chi connectivity index (χ1) is 16.0. The van der Waals surface area contributed by atoms with Crippen LogP contribution in [-0.2, 0) is 4.79 Å². The normalized spacial score (nSPS) is 15.1. The lowest BCUT2D eigenvalue weighted by Crippen LogP contribution is -2.29. The van der Waals surface area contributed by atoms with Crippen LogP contribution in [0.4, 0.5) is 23.3 Å². The zero-order chi connectivity index (χ0) is 23.2. The number of nitrogens with one attached hydrogen (secondary N) is 3. The van der Waals surface area contributed by atoms with Crippen LogP contribution in [0.3, 0.4) is 0 Å². The molecule has 12 heteroatoms. The highest BCUT2D eigenvalue weighted by Crippen LogP contribution is 2.26. The fourth-order valence-electron chi connectivity index (χ4n) is 3.52. The minimum Gasteiger partial charge on any atom is -0.364 e. The Bertz CT molecular complexity index is 1240. The lowest BCUT2D eigenvalue weighted by molar-refractivity contribution is -0.105. The van der Waals surface area contributed by atoms with E-state index in [-0.39, 0.29) is 5.69 Å². The van der Waals surface area contributed by atoms with Crippen molar-refractivity contribution >= 4 is 41.1 Å². The molecule has 2 amide bonds. The highest BCUT2D eigenvalue weighted by atomic mass is 16.1. The van der Waals surface area contributed by atoms with Crippen LogP contribution in [-0.4, -0.2) is 54.7 Å². The lowest BCUT2D eigenvalue weighted by atomic mass is 10.2. The van der Waals surface area contributed by atoms with Gasteiger partial charge in [-0.15, -0.1) is 5.10 Å². The van der Waals surface area contributed by atoms with E-state index < -0.39 is 5.91 Å². The number of H-pyrrole nitrogens is 1. The molecule has 0 radical (unpaired) electrons. The molecule has 1 saturated heterocycles. The largest absolute Gasteiger partial charge is 0.364 e. The molecular weight excluding hydrogens is 424 g/mol. The maximum absolute atomic E-state index is 11.2. The SMILES string of the molecule is C[C@H]1CCCN1c1nc(Nc2cc(C(N)=O)[nH]n2)c2cccn2n1.O=CNc1cccnc1. The molecule has 5 N–H and O–H groups in total. The number of amides is 2. The van der Waals surface area contributed by atoms with Gasteiger partial charge in [0, 0.05) is 31.0 Å². The van der Waals surface area contributed by atoms with Gasteiger partial charge in [-0.2, -0.15) is 10.1 Å². The smallest absolute Gasteiger partial charge is 0.266 e. The number of nitrogens with two attached hydrogens (primary N) is 1. The third kappa shape index (κ3) is 5.06. The van der Waals surface area contributed by atoms with Crippen LogP contribution in [0.1, 0.15) is 30.3 Å². The molecule has 1 aliphatic rings. The Balaban J connectivity index is 0.000000243. The van der Waals surface area contributed by atoms with E-state index in [1.807, 2.05) is 18.3 Å². The number of hydrogen-bond donors (Lipinski definition) is 4. The Morgan fingerprint density at radius 2 is 2.21 bits per heavy atom. The number of anilines is 4. The summed E-state index contributed by atoms with van der Waals surface area (Å²) in [4.78, 5) is 31.7. The number of rotatable bonds is 6. The fourth-order valence-corrected chi connectivity index (χ4v) is 3.52. The zero-order valence-electron chi connectivity index (χ0n) is 18.0. The van der Waals surface area contributed by atoms with E-state index >= 15 is 0 Å². The van der Waals surface area contributed by atoms with E-state index in [0.717, 1.165) is 24.9 Å². The van der Waals surface area contributed by atoms with E-state index in [2.05, 4.69) is 47.7 Å². The van der Waals surface area contributed by atoms with Crippen LogP contribution in [0, 0.1) is 0 Å². The lowest BCUT2D eigenvalue weighted by Gasteiger charge is -2.21. The molecule has 170 valence electrons. The van der Waals surface area contributed by atoms with Crippen molar-refractivity contribution in [1.82, 2.24) is 29.8 Å². The van der Waals surface area contributed by atoms with Gasteiger partial charge in [0.2, 0.25) is 12.4 Å². The van der Waals surface area contributed by atoms with Gasteiger partial charge in [-0.25, -0.2) is 4.52 Å². The number of aromatic nitrogens is 6. The Morgan fingerprint density at radius 1 is 1.33 bits per heavy atom. The minimum atomic E-state index is -0.558. The molecule has 5 rings (SSSR count). The van der Waals surface area contributed by atoms with Crippen molar-refractivity contribution < 1.29 is 9.59 Å². The number of carbonyl (C=O) groups is 2. The summed E-state index contributed by atoms with van der Waals surface area (Å²) in [7, 11) is 0. The summed E-state index contributed by atoms with van der Waals surface area (Å²) < 4.78 is 1.79. The molecule has 33 heavy (non-hydrogen) atoms. The molecule has 4 aromatic rings. The summed E-state index contributed by atoms with van der Waals surface area (Å²) in [6.45, 7) is 3.12. The van der Waals surface area contributed by atoms with Crippen LogP contribution in [0.25, 0.3) is 5.52 Å². The first-order valence-corrected chi connectivity index (χ1v) is 10.4. The van der Waals surface area contributed by atoms with Crippen LogP contribution in [0.2, 0.25) is 0 Å². The maximum Gasteiger partial charge on any atom is 0.266 e. The summed E-state index contributed by atoms with van der Waals surface area (Å²) in [6.07, 6.45) is 8.00. The number of carbonyl (C=O) groups excluding carboxylic acids is 2. The highest BCUT2D eigenvalue weighted by molar-refractivity contribution is 5.91. The van der Waals surface area contributed by atoms with Gasteiger partial charge in [0.25, 0.3) is 5.91 Å². The summed E-state index contributed by atoms with van der Waals surface area (Å²) in [6, 6.07) is 9.32. The third-order valence-corrected chi connectivity index (χ3v) is 5.17. The van der Waals surface area contributed by atoms with Crippen LogP contribution in [0.5, 0.6) is 0 Å². The van der Waals surface area contributed by atoms with Crippen molar-refractivity contribution in [3.63, 3.8) is 0 Å². The quantitative estimate of drug-likeness (QED) is 0.326.